The zero-order chi connectivity index (χ0) is 11.5. The molecule has 0 saturated carbocycles. The van der Waals surface area contributed by atoms with Crippen LogP contribution in [0.4, 0.5) is 5.82 Å². The van der Waals surface area contributed by atoms with Crippen LogP contribution >= 0.6 is 11.3 Å². The fourth-order valence-electron chi connectivity index (χ4n) is 1.64. The number of anilines is 1. The third-order valence-electron chi connectivity index (χ3n) is 2.46. The lowest BCUT2D eigenvalue weighted by atomic mass is 10.4. The summed E-state index contributed by atoms with van der Waals surface area (Å²) in [4.78, 5) is 12.5. The maximum atomic E-state index is 4.26. The van der Waals surface area contributed by atoms with Crippen molar-refractivity contribution >= 4 is 27.4 Å². The first kappa shape index (κ1) is 10.2. The van der Waals surface area contributed by atoms with E-state index in [4.69, 9.17) is 0 Å². The third kappa shape index (κ3) is 2.12. The molecule has 0 atom stereocenters. The Morgan fingerprint density at radius 1 is 1.35 bits per heavy atom. The monoisotopic (exact) mass is 245 g/mol. The molecule has 3 heterocycles. The van der Waals surface area contributed by atoms with Gasteiger partial charge in [-0.05, 0) is 11.4 Å². The van der Waals surface area contributed by atoms with Gasteiger partial charge in [-0.15, -0.1) is 11.3 Å². The Hall–Kier alpha value is -1.95. The molecule has 0 aromatic carbocycles. The van der Waals surface area contributed by atoms with Gasteiger partial charge in [-0.25, -0.2) is 15.0 Å². The molecule has 6 heteroatoms. The summed E-state index contributed by atoms with van der Waals surface area (Å²) in [6, 6.07) is 2.00. The molecule has 5 nitrogen and oxygen atoms in total. The fraction of sp³-hybridized carbons (Fsp3) is 0.182. The molecule has 0 unspecified atom stereocenters. The summed E-state index contributed by atoms with van der Waals surface area (Å²) in [5.41, 5.74) is 0.995. The molecule has 0 saturated heterocycles. The van der Waals surface area contributed by atoms with Crippen LogP contribution in [0.15, 0.2) is 36.5 Å². The number of rotatable bonds is 4. The summed E-state index contributed by atoms with van der Waals surface area (Å²) in [7, 11) is 0. The van der Waals surface area contributed by atoms with Crippen molar-refractivity contribution in [2.24, 2.45) is 0 Å². The Morgan fingerprint density at radius 3 is 3.24 bits per heavy atom. The summed E-state index contributed by atoms with van der Waals surface area (Å²) in [5.74, 6) is 0.908. The van der Waals surface area contributed by atoms with E-state index in [0.717, 1.165) is 29.1 Å². The molecule has 3 rings (SSSR count). The van der Waals surface area contributed by atoms with Crippen LogP contribution in [0.25, 0.3) is 10.2 Å². The van der Waals surface area contributed by atoms with E-state index < -0.39 is 0 Å². The first-order valence-corrected chi connectivity index (χ1v) is 6.19. The van der Waals surface area contributed by atoms with E-state index in [1.54, 1.807) is 23.9 Å². The predicted octanol–water partition coefficient (Wildman–Crippen LogP) is 2.00. The van der Waals surface area contributed by atoms with Gasteiger partial charge in [-0.1, -0.05) is 0 Å². The van der Waals surface area contributed by atoms with Gasteiger partial charge in [0, 0.05) is 25.5 Å². The molecule has 0 aliphatic heterocycles. The minimum Gasteiger partial charge on any atom is -0.367 e. The number of aromatic nitrogens is 4. The highest BCUT2D eigenvalue weighted by Gasteiger charge is 2.03. The first-order valence-electron chi connectivity index (χ1n) is 5.31. The standard InChI is InChI=1S/C11H11N5S/c1-6-17-10-9(1)14-7-15-11(10)13-3-5-16-4-2-12-8-16/h1-2,4,6-8H,3,5H2,(H,13,14,15). The van der Waals surface area contributed by atoms with Crippen molar-refractivity contribution in [3.63, 3.8) is 0 Å². The smallest absolute Gasteiger partial charge is 0.147 e. The Labute approximate surface area is 102 Å². The van der Waals surface area contributed by atoms with Crippen molar-refractivity contribution in [1.29, 1.82) is 0 Å². The summed E-state index contributed by atoms with van der Waals surface area (Å²) >= 11 is 1.66. The van der Waals surface area contributed by atoms with Crippen molar-refractivity contribution in [3.8, 4) is 0 Å². The van der Waals surface area contributed by atoms with Crippen LogP contribution in [0.5, 0.6) is 0 Å². The lowest BCUT2D eigenvalue weighted by molar-refractivity contribution is 0.726. The van der Waals surface area contributed by atoms with Crippen molar-refractivity contribution in [3.05, 3.63) is 36.5 Å². The molecule has 17 heavy (non-hydrogen) atoms. The number of thiophene rings is 1. The maximum absolute atomic E-state index is 4.26. The van der Waals surface area contributed by atoms with Crippen molar-refractivity contribution < 1.29 is 0 Å². The first-order chi connectivity index (χ1) is 8.43. The molecule has 1 N–H and O–H groups in total. The van der Waals surface area contributed by atoms with Crippen LogP contribution in [-0.4, -0.2) is 26.1 Å². The Kier molecular flexibility index (Phi) is 2.71. The van der Waals surface area contributed by atoms with E-state index >= 15 is 0 Å². The SMILES string of the molecule is c1cn(CCNc2ncnc3ccsc23)cn1. The molecule has 0 spiro atoms. The lowest BCUT2D eigenvalue weighted by Crippen LogP contribution is -2.10. The van der Waals surface area contributed by atoms with E-state index in [9.17, 15) is 0 Å². The number of fused-ring (bicyclic) bond motifs is 1. The Balaban J connectivity index is 1.70. The molecule has 0 radical (unpaired) electrons. The maximum Gasteiger partial charge on any atom is 0.147 e. The Morgan fingerprint density at radius 2 is 2.35 bits per heavy atom. The molecular weight excluding hydrogens is 234 g/mol. The van der Waals surface area contributed by atoms with Crippen LogP contribution in [0.3, 0.4) is 0 Å². The van der Waals surface area contributed by atoms with Gasteiger partial charge in [0.2, 0.25) is 0 Å². The quantitative estimate of drug-likeness (QED) is 0.764. The summed E-state index contributed by atoms with van der Waals surface area (Å²) in [6.45, 7) is 1.69. The van der Waals surface area contributed by atoms with Crippen LogP contribution < -0.4 is 5.32 Å². The van der Waals surface area contributed by atoms with Crippen LogP contribution in [0.2, 0.25) is 0 Å². The molecule has 0 bridgehead atoms. The number of imidazole rings is 1. The normalized spacial score (nSPS) is 10.8. The van der Waals surface area contributed by atoms with Crippen LogP contribution in [-0.2, 0) is 6.54 Å². The number of nitrogens with zero attached hydrogens (tertiary/aromatic N) is 4. The minimum absolute atomic E-state index is 0.820. The summed E-state index contributed by atoms with van der Waals surface area (Å²) in [6.07, 6.45) is 7.13. The molecule has 0 amide bonds. The second kappa shape index (κ2) is 4.50. The molecule has 0 fully saturated rings. The summed E-state index contributed by atoms with van der Waals surface area (Å²) < 4.78 is 3.14. The largest absolute Gasteiger partial charge is 0.367 e. The van der Waals surface area contributed by atoms with Crippen molar-refractivity contribution in [2.45, 2.75) is 6.54 Å². The van der Waals surface area contributed by atoms with E-state index in [1.807, 2.05) is 28.5 Å². The highest BCUT2D eigenvalue weighted by atomic mass is 32.1. The molecule has 3 aromatic rings. The molecule has 3 aromatic heterocycles. The average Bonchev–Trinajstić information content (AvgIpc) is 2.99. The third-order valence-corrected chi connectivity index (χ3v) is 3.38. The zero-order valence-corrected chi connectivity index (χ0v) is 9.89. The van der Waals surface area contributed by atoms with E-state index in [-0.39, 0.29) is 0 Å². The predicted molar refractivity (Wildman–Crippen MR) is 68.1 cm³/mol. The van der Waals surface area contributed by atoms with E-state index in [1.165, 1.54) is 0 Å². The van der Waals surface area contributed by atoms with E-state index in [0.29, 0.717) is 0 Å². The number of nitrogens with one attached hydrogen (secondary N) is 1. The molecular formula is C11H11N5S. The number of hydrogen-bond donors (Lipinski definition) is 1. The second-order valence-corrected chi connectivity index (χ2v) is 4.50. The van der Waals surface area contributed by atoms with Crippen LogP contribution in [0, 0.1) is 0 Å². The van der Waals surface area contributed by atoms with Gasteiger partial charge in [-0.3, -0.25) is 0 Å². The highest BCUT2D eigenvalue weighted by Crippen LogP contribution is 2.24. The van der Waals surface area contributed by atoms with Gasteiger partial charge in [0.1, 0.15) is 12.1 Å². The van der Waals surface area contributed by atoms with Gasteiger partial charge >= 0.3 is 0 Å². The number of hydrogen-bond acceptors (Lipinski definition) is 5. The fourth-order valence-corrected chi connectivity index (χ4v) is 2.45. The van der Waals surface area contributed by atoms with Gasteiger partial charge in [0.25, 0.3) is 0 Å². The van der Waals surface area contributed by atoms with Gasteiger partial charge < -0.3 is 9.88 Å². The van der Waals surface area contributed by atoms with Crippen LogP contribution in [0.1, 0.15) is 0 Å². The zero-order valence-electron chi connectivity index (χ0n) is 9.08. The van der Waals surface area contributed by atoms with Gasteiger partial charge in [0.05, 0.1) is 16.5 Å². The Bertz CT molecular complexity index is 601. The highest BCUT2D eigenvalue weighted by molar-refractivity contribution is 7.17. The average molecular weight is 245 g/mol. The molecule has 0 aliphatic rings. The lowest BCUT2D eigenvalue weighted by Gasteiger charge is -2.06. The van der Waals surface area contributed by atoms with Crippen molar-refractivity contribution in [1.82, 2.24) is 19.5 Å². The minimum atomic E-state index is 0.820. The summed E-state index contributed by atoms with van der Waals surface area (Å²) in [5, 5.41) is 5.35. The molecule has 0 aliphatic carbocycles. The second-order valence-electron chi connectivity index (χ2n) is 3.58. The van der Waals surface area contributed by atoms with Gasteiger partial charge in [-0.2, -0.15) is 0 Å². The van der Waals surface area contributed by atoms with E-state index in [2.05, 4.69) is 20.3 Å². The van der Waals surface area contributed by atoms with Gasteiger partial charge in [0.15, 0.2) is 0 Å². The topological polar surface area (TPSA) is 55.6 Å². The van der Waals surface area contributed by atoms with Crippen molar-refractivity contribution in [2.75, 3.05) is 11.9 Å². The molecule has 86 valence electrons.